The van der Waals surface area contributed by atoms with Gasteiger partial charge in [0.1, 0.15) is 12.2 Å². The average Bonchev–Trinajstić information content (AvgIpc) is 3.30. The third-order valence-corrected chi connectivity index (χ3v) is 11.2. The molecule has 3 atom stereocenters. The number of aliphatic carboxylic acids is 1. The molecule has 0 aromatic rings. The molecular weight excluding hydrogens is 836 g/mol. The van der Waals surface area contributed by atoms with E-state index in [2.05, 4.69) is 38.2 Å². The van der Waals surface area contributed by atoms with Gasteiger partial charge in [0.25, 0.3) is 0 Å². The zero-order chi connectivity index (χ0) is 48.9. The molecule has 0 saturated carbocycles. The number of carboxylic acid groups (broad SMARTS) is 1. The van der Waals surface area contributed by atoms with E-state index in [9.17, 15) is 15.0 Å². The first-order chi connectivity index (χ1) is 32.4. The molecule has 0 aliphatic rings. The highest BCUT2D eigenvalue weighted by molar-refractivity contribution is 7.15. The van der Waals surface area contributed by atoms with Gasteiger partial charge in [-0.2, -0.15) is 0 Å². The summed E-state index contributed by atoms with van der Waals surface area (Å²) in [6.45, 7) is 10.6. The first-order valence-electron chi connectivity index (χ1n) is 27.8. The van der Waals surface area contributed by atoms with E-state index >= 15 is 0 Å². The lowest BCUT2D eigenvalue weighted by Gasteiger charge is -2.12. The largest absolute Gasteiger partial charge is 0.481 e. The minimum Gasteiger partial charge on any atom is -0.481 e. The van der Waals surface area contributed by atoms with Crippen LogP contribution in [-0.2, 0) is 23.7 Å². The minimum atomic E-state index is -0.750. The summed E-state index contributed by atoms with van der Waals surface area (Å²) in [6, 6.07) is 0. The molecule has 0 aromatic carbocycles. The highest BCUT2D eigenvalue weighted by Crippen LogP contribution is 2.12. The zero-order valence-electron chi connectivity index (χ0n) is 44.1. The standard InChI is InChI=1S/C27H52O5.C27H54O4.CH5P/c1-2-3-4-5-6-7-8-9-10-11-12-13-14-15-16-19-22-31-24-26(28)25-32-23-20-17-18-21-27(29)30;1-2-3-4-5-6-7-8-9-10-11-12-13-14-15-17-20-23-30-25-27(29)26-31-24-21-18-16-19-22-28;1-2/h9-10,26,28H,2-8,11-25H2,1H3,(H,29,30);9-10,27-29H,2-8,11-26H2,1H3;2H2,1H3/b2*10-9-;/i;;2D. The Balaban J connectivity index is -0.00000113. The summed E-state index contributed by atoms with van der Waals surface area (Å²) in [6.07, 6.45) is 51.5. The van der Waals surface area contributed by atoms with Crippen LogP contribution in [0.25, 0.3) is 0 Å². The fourth-order valence-corrected chi connectivity index (χ4v) is 7.20. The number of hydrogen-bond donors (Lipinski definition) is 4. The van der Waals surface area contributed by atoms with Gasteiger partial charge in [0.05, 0.1) is 27.7 Å². The summed E-state index contributed by atoms with van der Waals surface area (Å²) < 4.78 is 28.2. The summed E-state index contributed by atoms with van der Waals surface area (Å²) in [5, 5.41) is 36.9. The molecule has 10 heteroatoms. The first kappa shape index (κ1) is 66.2. The van der Waals surface area contributed by atoms with Crippen molar-refractivity contribution in [3.8, 4) is 0 Å². The number of unbranched alkanes of at least 4 members (excludes halogenated alkanes) is 29. The van der Waals surface area contributed by atoms with Gasteiger partial charge >= 0.3 is 5.97 Å². The van der Waals surface area contributed by atoms with E-state index in [0.717, 1.165) is 58.0 Å². The van der Waals surface area contributed by atoms with Crippen molar-refractivity contribution in [2.24, 2.45) is 0 Å². The normalized spacial score (nSPS) is 12.7. The molecule has 0 aromatic heterocycles. The summed E-state index contributed by atoms with van der Waals surface area (Å²) in [5.41, 5.74) is 0. The molecule has 0 amide bonds. The predicted molar refractivity (Wildman–Crippen MR) is 281 cm³/mol. The van der Waals surface area contributed by atoms with Crippen molar-refractivity contribution >= 4 is 15.2 Å². The summed E-state index contributed by atoms with van der Waals surface area (Å²) in [4.78, 5) is 10.4. The van der Waals surface area contributed by atoms with Gasteiger partial charge in [-0.15, -0.1) is 9.18 Å². The number of ether oxygens (including phenoxy) is 4. The van der Waals surface area contributed by atoms with Crippen molar-refractivity contribution < 1.29 is 44.2 Å². The molecule has 390 valence electrons. The molecule has 4 N–H and O–H groups in total. The Bertz CT molecular complexity index is 929. The number of carboxylic acids is 1. The van der Waals surface area contributed by atoms with Crippen LogP contribution in [0, 0.1) is 0 Å². The second-order valence-corrected chi connectivity index (χ2v) is 17.8. The maximum atomic E-state index is 10.4. The molecular formula is C55H111O9P. The Morgan fingerprint density at radius 1 is 0.446 bits per heavy atom. The molecule has 0 heterocycles. The van der Waals surface area contributed by atoms with Crippen LogP contribution in [0.5, 0.6) is 0 Å². The van der Waals surface area contributed by atoms with Crippen LogP contribution in [0.3, 0.4) is 0 Å². The van der Waals surface area contributed by atoms with E-state index in [-0.39, 0.29) is 19.6 Å². The number of hydrogen-bond acceptors (Lipinski definition) is 8. The third kappa shape index (κ3) is 69.8. The Hall–Kier alpha value is -0.900. The monoisotopic (exact) mass is 948 g/mol. The maximum absolute atomic E-state index is 10.4. The summed E-state index contributed by atoms with van der Waals surface area (Å²) in [7, 11) is 0.333. The van der Waals surface area contributed by atoms with Crippen LogP contribution >= 0.6 is 9.18 Å². The third-order valence-electron chi connectivity index (χ3n) is 11.2. The van der Waals surface area contributed by atoms with E-state index in [1.54, 1.807) is 0 Å². The molecule has 3 unspecified atom stereocenters. The fourth-order valence-electron chi connectivity index (χ4n) is 7.20. The van der Waals surface area contributed by atoms with Crippen LogP contribution in [0.1, 0.15) is 245 Å². The fraction of sp³-hybridized carbons (Fsp3) is 0.909. The number of aliphatic hydroxyl groups excluding tert-OH is 3. The molecule has 0 radical (unpaired) electrons. The Kier molecular flexibility index (Phi) is 66.4. The summed E-state index contributed by atoms with van der Waals surface area (Å²) >= 11 is 0. The lowest BCUT2D eigenvalue weighted by Crippen LogP contribution is -2.22. The van der Waals surface area contributed by atoms with Crippen molar-refractivity contribution in [3.63, 3.8) is 0 Å². The molecule has 0 saturated heterocycles. The van der Waals surface area contributed by atoms with Crippen LogP contribution in [0.4, 0.5) is 0 Å². The number of carbonyl (C=O) groups is 1. The Morgan fingerprint density at radius 2 is 0.692 bits per heavy atom. The van der Waals surface area contributed by atoms with E-state index in [1.807, 2.05) is 6.66 Å². The van der Waals surface area contributed by atoms with Gasteiger partial charge in [0.2, 0.25) is 0 Å². The van der Waals surface area contributed by atoms with Crippen LogP contribution in [-0.4, -0.2) is 106 Å². The SMILES string of the molecule is CCCCCCCC/C=C\CCCCCCCCOCC(O)COCCCCCC(=O)O.CCCCCCCC/C=C\CCCCCCCCOCC(O)COCCCCCCO.[2H]PC. The quantitative estimate of drug-likeness (QED) is 0.0267. The van der Waals surface area contributed by atoms with Crippen LogP contribution < -0.4 is 0 Å². The molecule has 65 heavy (non-hydrogen) atoms. The molecule has 0 aliphatic carbocycles. The molecule has 9 nitrogen and oxygen atoms in total. The van der Waals surface area contributed by atoms with E-state index in [0.29, 0.717) is 55.2 Å². The first-order valence-corrected chi connectivity index (χ1v) is 28.3. The highest BCUT2D eigenvalue weighted by atomic mass is 31.0. The zero-order valence-corrected chi connectivity index (χ0v) is 44.1. The molecule has 0 rings (SSSR count). The van der Waals surface area contributed by atoms with Gasteiger partial charge in [-0.1, -0.05) is 180 Å². The van der Waals surface area contributed by atoms with Gasteiger partial charge in [-0.25, -0.2) is 0 Å². The number of aliphatic hydroxyl groups is 3. The van der Waals surface area contributed by atoms with E-state index in [1.165, 1.54) is 167 Å². The van der Waals surface area contributed by atoms with Gasteiger partial charge in [-0.3, -0.25) is 4.79 Å². The Morgan fingerprint density at radius 3 is 0.969 bits per heavy atom. The molecule has 0 spiro atoms. The van der Waals surface area contributed by atoms with Crippen LogP contribution in [0.2, 0.25) is 0 Å². The highest BCUT2D eigenvalue weighted by Gasteiger charge is 2.06. The second kappa shape index (κ2) is 65.2. The van der Waals surface area contributed by atoms with Gasteiger partial charge in [-0.05, 0) is 89.9 Å². The van der Waals surface area contributed by atoms with Crippen molar-refractivity contribution in [2.45, 2.75) is 257 Å². The van der Waals surface area contributed by atoms with Crippen molar-refractivity contribution in [3.05, 3.63) is 24.3 Å². The lowest BCUT2D eigenvalue weighted by atomic mass is 10.1. The summed E-state index contributed by atoms with van der Waals surface area (Å²) in [5.74, 6) is -0.750. The van der Waals surface area contributed by atoms with Gasteiger partial charge in [0, 0.05) is 39.5 Å². The number of allylic oxidation sites excluding steroid dienone is 4. The van der Waals surface area contributed by atoms with Crippen molar-refractivity contribution in [1.29, 1.82) is 1.28 Å². The van der Waals surface area contributed by atoms with Crippen molar-refractivity contribution in [1.82, 2.24) is 0 Å². The van der Waals surface area contributed by atoms with Gasteiger partial charge in [0.15, 0.2) is 0 Å². The van der Waals surface area contributed by atoms with E-state index in [4.69, 9.17) is 30.4 Å². The van der Waals surface area contributed by atoms with Crippen molar-refractivity contribution in [2.75, 3.05) is 66.1 Å². The molecule has 0 fully saturated rings. The predicted octanol–water partition coefficient (Wildman–Crippen LogP) is 14.5. The Labute approximate surface area is 406 Å². The second-order valence-electron chi connectivity index (χ2n) is 17.8. The van der Waals surface area contributed by atoms with Gasteiger partial charge < -0.3 is 39.4 Å². The topological polar surface area (TPSA) is 135 Å². The van der Waals surface area contributed by atoms with Crippen LogP contribution in [0.15, 0.2) is 24.3 Å². The number of rotatable bonds is 52. The molecule has 0 bridgehead atoms. The smallest absolute Gasteiger partial charge is 0.303 e. The van der Waals surface area contributed by atoms with E-state index < -0.39 is 18.2 Å². The average molecular weight is 948 g/mol. The minimum absolute atomic E-state index is 0.215. The lowest BCUT2D eigenvalue weighted by molar-refractivity contribution is -0.137. The maximum Gasteiger partial charge on any atom is 0.303 e. The molecule has 0 aliphatic heterocycles.